The molecule has 0 saturated heterocycles. The van der Waals surface area contributed by atoms with Gasteiger partial charge >= 0.3 is 0 Å². The second-order valence-corrected chi connectivity index (χ2v) is 9.76. The van der Waals surface area contributed by atoms with Gasteiger partial charge < -0.3 is 31.0 Å². The maximum Gasteiger partial charge on any atom is 0.255 e. The van der Waals surface area contributed by atoms with Crippen LogP contribution in [0.1, 0.15) is 50.3 Å². The van der Waals surface area contributed by atoms with Crippen molar-refractivity contribution in [3.05, 3.63) is 45.7 Å². The molecular formula is C25H28N2O8. The van der Waals surface area contributed by atoms with Crippen molar-refractivity contribution >= 4 is 28.9 Å². The van der Waals surface area contributed by atoms with Crippen molar-refractivity contribution in [3.63, 3.8) is 0 Å². The van der Waals surface area contributed by atoms with Crippen LogP contribution in [0, 0.1) is 17.8 Å². The van der Waals surface area contributed by atoms with E-state index in [9.17, 15) is 34.8 Å². The Kier molecular flexibility index (Phi) is 5.96. The molecule has 0 aromatic heterocycles. The van der Waals surface area contributed by atoms with Crippen LogP contribution in [0.5, 0.6) is 5.75 Å². The Bertz CT molecular complexity index is 1240. The Morgan fingerprint density at radius 3 is 2.54 bits per heavy atom. The number of carbonyl (C=O) groups is 3. The zero-order valence-electron chi connectivity index (χ0n) is 19.7. The molecule has 1 fully saturated rings. The van der Waals surface area contributed by atoms with Crippen LogP contribution in [0.25, 0.3) is 5.76 Å². The SMILES string of the molecule is C/C(=N/OCC(C)C)c1ccc(O)c2c1C[C@H]1C[C@H]3CC(=O)C(C(N)=O)=C(O)[C@@]3(O)C(=O)C1=C2O. The van der Waals surface area contributed by atoms with Gasteiger partial charge in [-0.15, -0.1) is 0 Å². The van der Waals surface area contributed by atoms with E-state index in [2.05, 4.69) is 5.16 Å². The van der Waals surface area contributed by atoms with E-state index in [1.54, 1.807) is 13.0 Å². The number of fused-ring (bicyclic) bond motifs is 3. The minimum absolute atomic E-state index is 0.0213. The third-order valence-corrected chi connectivity index (χ3v) is 6.95. The number of aromatic hydroxyl groups is 1. The Morgan fingerprint density at radius 1 is 1.23 bits per heavy atom. The van der Waals surface area contributed by atoms with Gasteiger partial charge in [0, 0.05) is 23.5 Å². The number of rotatable bonds is 5. The molecule has 0 unspecified atom stereocenters. The molecule has 1 aromatic carbocycles. The molecule has 1 saturated carbocycles. The highest BCUT2D eigenvalue weighted by Crippen LogP contribution is 2.52. The molecule has 6 N–H and O–H groups in total. The average molecular weight is 485 g/mol. The lowest BCUT2D eigenvalue weighted by molar-refractivity contribution is -0.147. The summed E-state index contributed by atoms with van der Waals surface area (Å²) in [5, 5.41) is 47.7. The van der Waals surface area contributed by atoms with E-state index >= 15 is 0 Å². The van der Waals surface area contributed by atoms with E-state index in [4.69, 9.17) is 10.6 Å². The van der Waals surface area contributed by atoms with Crippen molar-refractivity contribution in [1.29, 1.82) is 0 Å². The molecule has 10 heteroatoms. The van der Waals surface area contributed by atoms with Crippen molar-refractivity contribution in [1.82, 2.24) is 0 Å². The summed E-state index contributed by atoms with van der Waals surface area (Å²) in [5.41, 5.74) is 3.31. The van der Waals surface area contributed by atoms with Gasteiger partial charge in [0.25, 0.3) is 5.91 Å². The summed E-state index contributed by atoms with van der Waals surface area (Å²) >= 11 is 0. The minimum Gasteiger partial charge on any atom is -0.508 e. The first-order valence-electron chi connectivity index (χ1n) is 11.4. The van der Waals surface area contributed by atoms with Gasteiger partial charge in [-0.1, -0.05) is 19.0 Å². The number of aliphatic hydroxyl groups is 3. The number of oxime groups is 1. The number of carbonyl (C=O) groups excluding carboxylic acids is 3. The number of hydrogen-bond acceptors (Lipinski definition) is 9. The predicted molar refractivity (Wildman–Crippen MR) is 124 cm³/mol. The van der Waals surface area contributed by atoms with E-state index in [1.165, 1.54) is 6.07 Å². The number of nitrogens with two attached hydrogens (primary N) is 1. The number of amides is 1. The third kappa shape index (κ3) is 3.68. The number of phenols is 1. The summed E-state index contributed by atoms with van der Waals surface area (Å²) in [6, 6.07) is 3.00. The fourth-order valence-corrected chi connectivity index (χ4v) is 5.29. The fraction of sp³-hybridized carbons (Fsp3) is 0.440. The number of hydrogen-bond donors (Lipinski definition) is 5. The molecule has 0 aliphatic heterocycles. The molecule has 186 valence electrons. The largest absolute Gasteiger partial charge is 0.508 e. The lowest BCUT2D eigenvalue weighted by atomic mass is 9.59. The van der Waals surface area contributed by atoms with E-state index < -0.39 is 52.0 Å². The highest BCUT2D eigenvalue weighted by atomic mass is 16.6. The molecule has 0 spiro atoms. The smallest absolute Gasteiger partial charge is 0.255 e. The maximum atomic E-state index is 13.5. The van der Waals surface area contributed by atoms with Crippen LogP contribution in [-0.4, -0.2) is 55.8 Å². The average Bonchev–Trinajstić information content (AvgIpc) is 2.75. The molecule has 1 amide bonds. The second-order valence-electron chi connectivity index (χ2n) is 9.76. The molecule has 35 heavy (non-hydrogen) atoms. The summed E-state index contributed by atoms with van der Waals surface area (Å²) in [6.45, 7) is 6.09. The lowest BCUT2D eigenvalue weighted by Gasteiger charge is -2.46. The Labute approximate surface area is 201 Å². The zero-order chi connectivity index (χ0) is 25.8. The first-order valence-corrected chi connectivity index (χ1v) is 11.4. The molecular weight excluding hydrogens is 456 g/mol. The lowest BCUT2D eigenvalue weighted by Crippen LogP contribution is -2.58. The molecule has 3 atom stereocenters. The van der Waals surface area contributed by atoms with Crippen LogP contribution in [-0.2, 0) is 25.6 Å². The van der Waals surface area contributed by atoms with E-state index in [0.717, 1.165) is 0 Å². The summed E-state index contributed by atoms with van der Waals surface area (Å²) in [5.74, 6) is -6.30. The minimum atomic E-state index is -2.58. The van der Waals surface area contributed by atoms with Gasteiger partial charge in [-0.2, -0.15) is 0 Å². The topological polar surface area (TPSA) is 180 Å². The summed E-state index contributed by atoms with van der Waals surface area (Å²) in [7, 11) is 0. The quantitative estimate of drug-likeness (QED) is 0.238. The molecule has 0 heterocycles. The highest BCUT2D eigenvalue weighted by molar-refractivity contribution is 6.22. The van der Waals surface area contributed by atoms with Crippen LogP contribution in [0.2, 0.25) is 0 Å². The molecule has 3 aliphatic rings. The van der Waals surface area contributed by atoms with E-state index in [-0.39, 0.29) is 42.1 Å². The molecule has 0 radical (unpaired) electrons. The normalized spacial score (nSPS) is 26.5. The van der Waals surface area contributed by atoms with Crippen LogP contribution < -0.4 is 5.73 Å². The van der Waals surface area contributed by atoms with Gasteiger partial charge in [-0.25, -0.2) is 0 Å². The second kappa shape index (κ2) is 8.53. The molecule has 10 nitrogen and oxygen atoms in total. The van der Waals surface area contributed by atoms with Gasteiger partial charge in [-0.3, -0.25) is 14.4 Å². The number of benzene rings is 1. The number of aliphatic hydroxyl groups excluding tert-OH is 2. The van der Waals surface area contributed by atoms with Gasteiger partial charge in [-0.05, 0) is 49.3 Å². The summed E-state index contributed by atoms with van der Waals surface area (Å²) in [4.78, 5) is 43.0. The Hall–Kier alpha value is -3.66. The molecule has 1 aromatic rings. The van der Waals surface area contributed by atoms with E-state index in [1.807, 2.05) is 13.8 Å². The summed E-state index contributed by atoms with van der Waals surface area (Å²) in [6.07, 6.45) is -0.0917. The summed E-state index contributed by atoms with van der Waals surface area (Å²) < 4.78 is 0. The highest BCUT2D eigenvalue weighted by Gasteiger charge is 2.60. The predicted octanol–water partition coefficient (Wildman–Crippen LogP) is 1.82. The molecule has 0 bridgehead atoms. The van der Waals surface area contributed by atoms with Crippen LogP contribution in [0.3, 0.4) is 0 Å². The number of nitrogens with zero attached hydrogens (tertiary/aromatic N) is 1. The fourth-order valence-electron chi connectivity index (χ4n) is 5.29. The molecule has 3 aliphatic carbocycles. The van der Waals surface area contributed by atoms with E-state index in [0.29, 0.717) is 23.4 Å². The maximum absolute atomic E-state index is 13.5. The molecule has 4 rings (SSSR count). The van der Waals surface area contributed by atoms with Crippen LogP contribution in [0.15, 0.2) is 34.2 Å². The van der Waals surface area contributed by atoms with Gasteiger partial charge in [0.05, 0.1) is 11.3 Å². The monoisotopic (exact) mass is 484 g/mol. The van der Waals surface area contributed by atoms with Gasteiger partial charge in [0.1, 0.15) is 29.4 Å². The number of Topliss-reactive ketones (excluding diaryl/α,β-unsaturated/α-hetero) is 2. The van der Waals surface area contributed by atoms with Gasteiger partial charge in [0.2, 0.25) is 5.78 Å². The van der Waals surface area contributed by atoms with Crippen molar-refractivity contribution in [3.8, 4) is 5.75 Å². The first kappa shape index (κ1) is 24.5. The van der Waals surface area contributed by atoms with Crippen LogP contribution in [0.4, 0.5) is 0 Å². The Morgan fingerprint density at radius 2 is 1.91 bits per heavy atom. The van der Waals surface area contributed by atoms with Crippen molar-refractivity contribution < 1.29 is 39.6 Å². The standard InChI is InChI=1S/C25H28N2O8/c1-10(2)9-35-27-11(3)14-4-5-16(28)19-15(14)7-12-6-13-8-17(29)20(24(26)33)23(32)25(13,34)22(31)18(12)21(19)30/h4-5,10,12-13,28,30,32,34H,6-9H2,1-3H3,(H2,26,33)/b27-11-/t12-,13+,25+/m1/s1. The zero-order valence-corrected chi connectivity index (χ0v) is 19.7. The number of phenolic OH excluding ortho intramolecular Hbond substituents is 1. The number of primary amides is 1. The number of ketones is 2. The Balaban J connectivity index is 1.85. The van der Waals surface area contributed by atoms with Crippen molar-refractivity contribution in [2.75, 3.05) is 6.61 Å². The van der Waals surface area contributed by atoms with Crippen molar-refractivity contribution in [2.45, 2.75) is 45.6 Å². The van der Waals surface area contributed by atoms with Gasteiger partial charge in [0.15, 0.2) is 11.4 Å². The third-order valence-electron chi connectivity index (χ3n) is 6.95. The first-order chi connectivity index (χ1) is 16.4. The van der Waals surface area contributed by atoms with Crippen molar-refractivity contribution in [2.24, 2.45) is 28.6 Å². The van der Waals surface area contributed by atoms with Crippen LogP contribution >= 0.6 is 0 Å².